The Morgan fingerprint density at radius 1 is 1.21 bits per heavy atom. The maximum Gasteiger partial charge on any atom is 0.185 e. The number of rotatable bonds is 4. The molecule has 0 saturated heterocycles. The zero-order chi connectivity index (χ0) is 20.0. The largest absolute Gasteiger partial charge is 0.469 e. The van der Waals surface area contributed by atoms with Crippen molar-refractivity contribution in [2.75, 3.05) is 7.11 Å². The Kier molecular flexibility index (Phi) is 4.41. The van der Waals surface area contributed by atoms with E-state index in [1.807, 2.05) is 36.4 Å². The van der Waals surface area contributed by atoms with Crippen molar-refractivity contribution < 1.29 is 13.9 Å². The second kappa shape index (κ2) is 7.09. The first kappa shape index (κ1) is 18.0. The number of hydrogen-bond donors (Lipinski definition) is 0. The number of hydrogen-bond acceptors (Lipinski definition) is 6. The summed E-state index contributed by atoms with van der Waals surface area (Å²) in [5, 5.41) is 14.0. The van der Waals surface area contributed by atoms with Gasteiger partial charge >= 0.3 is 0 Å². The van der Waals surface area contributed by atoms with E-state index in [4.69, 9.17) is 25.9 Å². The van der Waals surface area contributed by atoms with Gasteiger partial charge in [0.15, 0.2) is 17.1 Å². The third-order valence-electron chi connectivity index (χ3n) is 5.20. The molecule has 4 aromatic rings. The van der Waals surface area contributed by atoms with Crippen LogP contribution in [0.25, 0.3) is 16.8 Å². The SMILES string of the molecule is COCc1nn2c3c(nnc2c1-c1ccc(Cl)cc1)C(=O)C[C@H](c1ccco1)C3. The highest BCUT2D eigenvalue weighted by molar-refractivity contribution is 6.30. The number of aromatic nitrogens is 4. The second-order valence-electron chi connectivity index (χ2n) is 7.04. The molecule has 0 fully saturated rings. The van der Waals surface area contributed by atoms with Gasteiger partial charge in [-0.05, 0) is 29.8 Å². The predicted molar refractivity (Wildman–Crippen MR) is 106 cm³/mol. The third-order valence-corrected chi connectivity index (χ3v) is 5.45. The first-order valence-corrected chi connectivity index (χ1v) is 9.62. The fourth-order valence-corrected chi connectivity index (χ4v) is 4.02. The molecular formula is C21H17ClN4O3. The molecule has 7 nitrogen and oxygen atoms in total. The third kappa shape index (κ3) is 3.03. The zero-order valence-electron chi connectivity index (χ0n) is 15.6. The number of ketones is 1. The average Bonchev–Trinajstić information content (AvgIpc) is 3.37. The number of fused-ring (bicyclic) bond motifs is 3. The number of furan rings is 1. The Balaban J connectivity index is 1.70. The van der Waals surface area contributed by atoms with Crippen LogP contribution in [0.3, 0.4) is 0 Å². The number of carbonyl (C=O) groups is 1. The summed E-state index contributed by atoms with van der Waals surface area (Å²) in [6.45, 7) is 0.311. The van der Waals surface area contributed by atoms with Crippen LogP contribution < -0.4 is 0 Å². The Hall–Kier alpha value is -3.03. The quantitative estimate of drug-likeness (QED) is 0.505. The van der Waals surface area contributed by atoms with Crippen molar-refractivity contribution in [2.24, 2.45) is 0 Å². The monoisotopic (exact) mass is 408 g/mol. The Morgan fingerprint density at radius 2 is 2.03 bits per heavy atom. The van der Waals surface area contributed by atoms with Crippen LogP contribution in [-0.2, 0) is 17.8 Å². The summed E-state index contributed by atoms with van der Waals surface area (Å²) in [5.41, 5.74) is 4.16. The van der Waals surface area contributed by atoms with Crippen LogP contribution in [0, 0.1) is 0 Å². The molecule has 0 spiro atoms. The van der Waals surface area contributed by atoms with Crippen molar-refractivity contribution in [3.8, 4) is 11.1 Å². The minimum atomic E-state index is -0.0566. The van der Waals surface area contributed by atoms with Crippen LogP contribution in [0.4, 0.5) is 0 Å². The van der Waals surface area contributed by atoms with Gasteiger partial charge in [-0.15, -0.1) is 10.2 Å². The molecule has 0 bridgehead atoms. The molecule has 29 heavy (non-hydrogen) atoms. The van der Waals surface area contributed by atoms with Crippen LogP contribution in [0.1, 0.15) is 40.0 Å². The fourth-order valence-electron chi connectivity index (χ4n) is 3.89. The van der Waals surface area contributed by atoms with E-state index in [-0.39, 0.29) is 11.7 Å². The Morgan fingerprint density at radius 3 is 2.76 bits per heavy atom. The van der Waals surface area contributed by atoms with Gasteiger partial charge in [-0.25, -0.2) is 4.52 Å². The van der Waals surface area contributed by atoms with Crippen molar-refractivity contribution in [3.63, 3.8) is 0 Å². The average molecular weight is 409 g/mol. The maximum absolute atomic E-state index is 12.7. The molecule has 5 rings (SSSR count). The minimum absolute atomic E-state index is 0.0496. The summed E-state index contributed by atoms with van der Waals surface area (Å²) in [6.07, 6.45) is 2.56. The normalized spacial score (nSPS) is 16.3. The van der Waals surface area contributed by atoms with Gasteiger partial charge < -0.3 is 9.15 Å². The molecule has 3 heterocycles. The number of methoxy groups -OCH3 is 1. The van der Waals surface area contributed by atoms with Crippen molar-refractivity contribution in [3.05, 3.63) is 70.5 Å². The molecule has 3 aromatic heterocycles. The van der Waals surface area contributed by atoms with Crippen LogP contribution in [0.15, 0.2) is 47.1 Å². The number of nitrogens with zero attached hydrogens (tertiary/aromatic N) is 4. The molecule has 0 saturated carbocycles. The molecule has 0 aliphatic heterocycles. The van der Waals surface area contributed by atoms with Gasteiger partial charge in [0.2, 0.25) is 0 Å². The summed E-state index contributed by atoms with van der Waals surface area (Å²) < 4.78 is 12.6. The summed E-state index contributed by atoms with van der Waals surface area (Å²) in [4.78, 5) is 12.7. The van der Waals surface area contributed by atoms with E-state index >= 15 is 0 Å². The lowest BCUT2D eigenvalue weighted by atomic mass is 9.87. The summed E-state index contributed by atoms with van der Waals surface area (Å²) in [6, 6.07) is 11.2. The topological polar surface area (TPSA) is 82.5 Å². The lowest BCUT2D eigenvalue weighted by Gasteiger charge is -2.21. The lowest BCUT2D eigenvalue weighted by Crippen LogP contribution is -2.24. The lowest BCUT2D eigenvalue weighted by molar-refractivity contribution is 0.0951. The number of ether oxygens (including phenoxy) is 1. The standard InChI is InChI=1S/C21H17ClN4O3/c1-28-11-15-19(12-4-6-14(22)7-5-12)21-24-23-20-16(26(21)25-15)9-13(10-17(20)27)18-3-2-8-29-18/h2-8,13H,9-11H2,1H3/t13-/m1/s1. The van der Waals surface area contributed by atoms with E-state index in [0.717, 1.165) is 28.3 Å². The van der Waals surface area contributed by atoms with Crippen molar-refractivity contribution >= 4 is 23.0 Å². The van der Waals surface area contributed by atoms with E-state index in [0.29, 0.717) is 35.8 Å². The predicted octanol–water partition coefficient (Wildman–Crippen LogP) is 4.10. The Bertz CT molecular complexity index is 1200. The number of benzene rings is 1. The van der Waals surface area contributed by atoms with Gasteiger partial charge in [0.1, 0.15) is 5.76 Å². The van der Waals surface area contributed by atoms with E-state index in [1.54, 1.807) is 17.9 Å². The van der Waals surface area contributed by atoms with E-state index in [9.17, 15) is 4.79 Å². The number of Topliss-reactive ketones (excluding diaryl/α,β-unsaturated/α-hetero) is 1. The molecule has 8 heteroatoms. The molecule has 1 aliphatic carbocycles. The molecule has 1 atom stereocenters. The van der Waals surface area contributed by atoms with Gasteiger partial charge in [-0.3, -0.25) is 4.79 Å². The van der Waals surface area contributed by atoms with Crippen LogP contribution in [0.2, 0.25) is 5.02 Å². The molecule has 0 amide bonds. The maximum atomic E-state index is 12.7. The summed E-state index contributed by atoms with van der Waals surface area (Å²) in [7, 11) is 1.62. The molecule has 0 radical (unpaired) electrons. The van der Waals surface area contributed by atoms with Gasteiger partial charge in [0.05, 0.1) is 29.8 Å². The molecule has 1 aliphatic rings. The fraction of sp³-hybridized carbons (Fsp3) is 0.238. The highest BCUT2D eigenvalue weighted by Crippen LogP contribution is 2.35. The smallest absolute Gasteiger partial charge is 0.185 e. The van der Waals surface area contributed by atoms with Crippen molar-refractivity contribution in [1.29, 1.82) is 0 Å². The van der Waals surface area contributed by atoms with Gasteiger partial charge in [-0.2, -0.15) is 5.10 Å². The minimum Gasteiger partial charge on any atom is -0.469 e. The highest BCUT2D eigenvalue weighted by Gasteiger charge is 2.33. The summed E-state index contributed by atoms with van der Waals surface area (Å²) >= 11 is 6.05. The zero-order valence-corrected chi connectivity index (χ0v) is 16.4. The van der Waals surface area contributed by atoms with Gasteiger partial charge in [0, 0.05) is 30.9 Å². The van der Waals surface area contributed by atoms with Crippen LogP contribution >= 0.6 is 11.6 Å². The van der Waals surface area contributed by atoms with E-state index < -0.39 is 0 Å². The first-order valence-electron chi connectivity index (χ1n) is 9.24. The molecule has 0 N–H and O–H groups in total. The van der Waals surface area contributed by atoms with Crippen LogP contribution in [0.5, 0.6) is 0 Å². The van der Waals surface area contributed by atoms with Crippen molar-refractivity contribution in [2.45, 2.75) is 25.4 Å². The van der Waals surface area contributed by atoms with Crippen LogP contribution in [-0.4, -0.2) is 32.7 Å². The molecule has 146 valence electrons. The van der Waals surface area contributed by atoms with E-state index in [1.165, 1.54) is 0 Å². The van der Waals surface area contributed by atoms with E-state index in [2.05, 4.69) is 10.2 Å². The Labute approximate surface area is 171 Å². The van der Waals surface area contributed by atoms with Gasteiger partial charge in [0.25, 0.3) is 0 Å². The number of halogens is 1. The molecule has 1 aromatic carbocycles. The molecule has 0 unspecified atom stereocenters. The first-order chi connectivity index (χ1) is 14.2. The highest BCUT2D eigenvalue weighted by atomic mass is 35.5. The van der Waals surface area contributed by atoms with Gasteiger partial charge in [-0.1, -0.05) is 23.7 Å². The number of carbonyl (C=O) groups excluding carboxylic acids is 1. The second-order valence-corrected chi connectivity index (χ2v) is 7.47. The summed E-state index contributed by atoms with van der Waals surface area (Å²) in [5.74, 6) is 0.682. The molecular weight excluding hydrogens is 392 g/mol. The van der Waals surface area contributed by atoms with Crippen molar-refractivity contribution in [1.82, 2.24) is 19.8 Å².